The van der Waals surface area contributed by atoms with Crippen LogP contribution in [0.5, 0.6) is 0 Å². The van der Waals surface area contributed by atoms with Crippen molar-refractivity contribution in [2.24, 2.45) is 0 Å². The summed E-state index contributed by atoms with van der Waals surface area (Å²) in [5.41, 5.74) is 1.43. The Bertz CT molecular complexity index is 711. The number of methoxy groups -OCH3 is 1. The number of aromatic amines is 1. The SMILES string of the molecule is CO[C@@H]1C[C@@H](c2ncn[nH]2)N(C(=O)c2noc3c2CCCCC3)C1. The van der Waals surface area contributed by atoms with Crippen LogP contribution >= 0.6 is 0 Å². The summed E-state index contributed by atoms with van der Waals surface area (Å²) in [4.78, 5) is 19.1. The van der Waals surface area contributed by atoms with Crippen molar-refractivity contribution in [1.29, 1.82) is 0 Å². The highest BCUT2D eigenvalue weighted by molar-refractivity contribution is 5.94. The first kappa shape index (κ1) is 15.3. The number of hydrogen-bond acceptors (Lipinski definition) is 6. The normalized spacial score (nSPS) is 24.0. The molecule has 1 fully saturated rings. The Balaban J connectivity index is 1.64. The Hall–Kier alpha value is -2.22. The van der Waals surface area contributed by atoms with Crippen molar-refractivity contribution in [1.82, 2.24) is 25.2 Å². The van der Waals surface area contributed by atoms with Crippen LogP contribution in [-0.2, 0) is 17.6 Å². The fraction of sp³-hybridized carbons (Fsp3) is 0.625. The highest BCUT2D eigenvalue weighted by Crippen LogP contribution is 2.34. The van der Waals surface area contributed by atoms with Crippen LogP contribution in [0.4, 0.5) is 0 Å². The van der Waals surface area contributed by atoms with Gasteiger partial charge in [-0.25, -0.2) is 4.98 Å². The monoisotopic (exact) mass is 331 g/mol. The Labute approximate surface area is 139 Å². The van der Waals surface area contributed by atoms with Gasteiger partial charge in [0.1, 0.15) is 17.9 Å². The fourth-order valence-corrected chi connectivity index (χ4v) is 3.69. The molecule has 1 aliphatic heterocycles. The van der Waals surface area contributed by atoms with Gasteiger partial charge in [0.15, 0.2) is 5.69 Å². The Kier molecular flexibility index (Phi) is 4.05. The van der Waals surface area contributed by atoms with Gasteiger partial charge in [0.25, 0.3) is 5.91 Å². The maximum absolute atomic E-state index is 13.1. The van der Waals surface area contributed by atoms with E-state index in [1.165, 1.54) is 6.33 Å². The molecule has 1 aliphatic carbocycles. The molecule has 2 aromatic rings. The zero-order valence-corrected chi connectivity index (χ0v) is 13.7. The van der Waals surface area contributed by atoms with E-state index in [2.05, 4.69) is 20.3 Å². The zero-order valence-electron chi connectivity index (χ0n) is 13.7. The summed E-state index contributed by atoms with van der Waals surface area (Å²) < 4.78 is 10.9. The summed E-state index contributed by atoms with van der Waals surface area (Å²) in [7, 11) is 1.66. The van der Waals surface area contributed by atoms with Crippen LogP contribution in [-0.4, -0.2) is 50.9 Å². The fourth-order valence-electron chi connectivity index (χ4n) is 3.69. The molecule has 0 saturated carbocycles. The first-order valence-corrected chi connectivity index (χ1v) is 8.44. The number of rotatable bonds is 3. The van der Waals surface area contributed by atoms with Gasteiger partial charge in [-0.05, 0) is 19.3 Å². The summed E-state index contributed by atoms with van der Waals surface area (Å²) in [5, 5.41) is 10.9. The zero-order chi connectivity index (χ0) is 16.5. The lowest BCUT2D eigenvalue weighted by Crippen LogP contribution is -2.33. The minimum Gasteiger partial charge on any atom is -0.380 e. The summed E-state index contributed by atoms with van der Waals surface area (Å²) in [5.74, 6) is 1.44. The van der Waals surface area contributed by atoms with E-state index in [1.807, 2.05) is 0 Å². The average molecular weight is 331 g/mol. The van der Waals surface area contributed by atoms with Gasteiger partial charge in [-0.3, -0.25) is 9.89 Å². The number of hydrogen-bond donors (Lipinski definition) is 1. The van der Waals surface area contributed by atoms with Gasteiger partial charge < -0.3 is 14.2 Å². The molecule has 2 aliphatic rings. The molecule has 128 valence electrons. The van der Waals surface area contributed by atoms with Crippen molar-refractivity contribution in [3.63, 3.8) is 0 Å². The van der Waals surface area contributed by atoms with Crippen LogP contribution in [0.2, 0.25) is 0 Å². The molecule has 4 rings (SSSR count). The highest BCUT2D eigenvalue weighted by Gasteiger charge is 2.40. The summed E-state index contributed by atoms with van der Waals surface area (Å²) in [6, 6.07) is -0.178. The Morgan fingerprint density at radius 1 is 1.38 bits per heavy atom. The van der Waals surface area contributed by atoms with E-state index >= 15 is 0 Å². The van der Waals surface area contributed by atoms with E-state index in [1.54, 1.807) is 12.0 Å². The molecular weight excluding hydrogens is 310 g/mol. The van der Waals surface area contributed by atoms with Crippen molar-refractivity contribution in [2.45, 2.75) is 50.7 Å². The molecule has 1 N–H and O–H groups in total. The number of nitrogens with one attached hydrogen (secondary N) is 1. The topological polar surface area (TPSA) is 97.1 Å². The van der Waals surface area contributed by atoms with Crippen LogP contribution in [0.15, 0.2) is 10.9 Å². The van der Waals surface area contributed by atoms with Crippen molar-refractivity contribution >= 4 is 5.91 Å². The van der Waals surface area contributed by atoms with Crippen molar-refractivity contribution < 1.29 is 14.1 Å². The smallest absolute Gasteiger partial charge is 0.277 e. The molecule has 0 aromatic carbocycles. The quantitative estimate of drug-likeness (QED) is 0.859. The predicted octanol–water partition coefficient (Wildman–Crippen LogP) is 1.66. The van der Waals surface area contributed by atoms with Crippen LogP contribution in [0.3, 0.4) is 0 Å². The van der Waals surface area contributed by atoms with Crippen LogP contribution in [0.25, 0.3) is 0 Å². The first-order valence-electron chi connectivity index (χ1n) is 8.44. The van der Waals surface area contributed by atoms with Gasteiger partial charge in [-0.2, -0.15) is 5.10 Å². The van der Waals surface area contributed by atoms with Crippen molar-refractivity contribution in [3.8, 4) is 0 Å². The summed E-state index contributed by atoms with van der Waals surface area (Å²) in [6.45, 7) is 0.516. The number of likely N-dealkylation sites (tertiary alicyclic amines) is 1. The molecule has 3 heterocycles. The number of fused-ring (bicyclic) bond motifs is 1. The third-order valence-electron chi connectivity index (χ3n) is 5.01. The van der Waals surface area contributed by atoms with E-state index in [9.17, 15) is 4.79 Å². The summed E-state index contributed by atoms with van der Waals surface area (Å²) in [6.07, 6.45) is 7.17. The van der Waals surface area contributed by atoms with E-state index < -0.39 is 0 Å². The van der Waals surface area contributed by atoms with Gasteiger partial charge in [-0.15, -0.1) is 0 Å². The number of aryl methyl sites for hydroxylation is 1. The molecule has 2 atom stereocenters. The van der Waals surface area contributed by atoms with Gasteiger partial charge in [-0.1, -0.05) is 11.6 Å². The van der Waals surface area contributed by atoms with Gasteiger partial charge >= 0.3 is 0 Å². The maximum atomic E-state index is 13.1. The predicted molar refractivity (Wildman–Crippen MR) is 83.3 cm³/mol. The lowest BCUT2D eigenvalue weighted by Gasteiger charge is -2.21. The molecule has 2 aromatic heterocycles. The molecule has 24 heavy (non-hydrogen) atoms. The number of carbonyl (C=O) groups is 1. The third-order valence-corrected chi connectivity index (χ3v) is 5.01. The van der Waals surface area contributed by atoms with Gasteiger partial charge in [0.2, 0.25) is 0 Å². The Morgan fingerprint density at radius 3 is 3.04 bits per heavy atom. The van der Waals surface area contributed by atoms with E-state index in [4.69, 9.17) is 9.26 Å². The van der Waals surface area contributed by atoms with Gasteiger partial charge in [0.05, 0.1) is 12.1 Å². The number of ether oxygens (including phenoxy) is 1. The maximum Gasteiger partial charge on any atom is 0.277 e. The number of nitrogens with zero attached hydrogens (tertiary/aromatic N) is 4. The van der Waals surface area contributed by atoms with E-state index in [0.29, 0.717) is 24.5 Å². The molecule has 0 spiro atoms. The molecule has 8 nitrogen and oxygen atoms in total. The average Bonchev–Trinajstić information content (AvgIpc) is 3.31. The van der Waals surface area contributed by atoms with Crippen molar-refractivity contribution in [2.75, 3.05) is 13.7 Å². The molecule has 0 bridgehead atoms. The number of amides is 1. The lowest BCUT2D eigenvalue weighted by molar-refractivity contribution is 0.0673. The standard InChI is InChI=1S/C16H21N5O3/c1-23-10-7-12(15-17-9-18-19-15)21(8-10)16(22)14-11-5-3-2-4-6-13(11)24-20-14/h9-10,12H,2-8H2,1H3,(H,17,18,19)/t10-,12+/m1/s1. The lowest BCUT2D eigenvalue weighted by atomic mass is 10.1. The molecule has 0 unspecified atom stereocenters. The minimum absolute atomic E-state index is 0.0189. The number of H-pyrrole nitrogens is 1. The Morgan fingerprint density at radius 2 is 2.25 bits per heavy atom. The minimum atomic E-state index is -0.178. The van der Waals surface area contributed by atoms with Gasteiger partial charge in [0, 0.05) is 32.1 Å². The third kappa shape index (κ3) is 2.60. The molecule has 0 radical (unpaired) electrons. The number of carbonyl (C=O) groups excluding carboxylic acids is 1. The highest BCUT2D eigenvalue weighted by atomic mass is 16.5. The van der Waals surface area contributed by atoms with E-state index in [0.717, 1.165) is 43.4 Å². The van der Waals surface area contributed by atoms with Crippen LogP contribution in [0, 0.1) is 0 Å². The largest absolute Gasteiger partial charge is 0.380 e. The second-order valence-corrected chi connectivity index (χ2v) is 6.43. The second-order valence-electron chi connectivity index (χ2n) is 6.43. The summed E-state index contributed by atoms with van der Waals surface area (Å²) >= 11 is 0. The number of aromatic nitrogens is 4. The molecule has 1 saturated heterocycles. The second kappa shape index (κ2) is 6.35. The van der Waals surface area contributed by atoms with Crippen molar-refractivity contribution in [3.05, 3.63) is 29.2 Å². The van der Waals surface area contributed by atoms with Crippen LogP contribution in [0.1, 0.15) is 59.4 Å². The van der Waals surface area contributed by atoms with E-state index in [-0.39, 0.29) is 18.1 Å². The molecule has 8 heteroatoms. The van der Waals surface area contributed by atoms with Crippen LogP contribution < -0.4 is 0 Å². The first-order chi connectivity index (χ1) is 11.8. The molecular formula is C16H21N5O3. The molecule has 1 amide bonds.